The van der Waals surface area contributed by atoms with Crippen LogP contribution in [0, 0.1) is 0 Å². The van der Waals surface area contributed by atoms with Crippen molar-refractivity contribution in [3.8, 4) is 0 Å². The smallest absolute Gasteiger partial charge is 0.254 e. The quantitative estimate of drug-likeness (QED) is 0.598. The second kappa shape index (κ2) is 8.24. The number of thioether (sulfide) groups is 1. The minimum atomic E-state index is 0.0108. The maximum atomic E-state index is 12.7. The number of hydrogen-bond acceptors (Lipinski definition) is 5. The van der Waals surface area contributed by atoms with Crippen molar-refractivity contribution < 1.29 is 4.79 Å². The number of aromatic nitrogens is 1. The Hall–Kier alpha value is -1.27. The number of carbonyl (C=O) groups is 1. The van der Waals surface area contributed by atoms with Gasteiger partial charge < -0.3 is 10.3 Å². The molecule has 118 valence electrons. The number of pyridine rings is 1. The Morgan fingerprint density at radius 2 is 2.14 bits per heavy atom. The molecule has 0 saturated carbocycles. The fourth-order valence-electron chi connectivity index (χ4n) is 2.11. The predicted octanol–water partition coefficient (Wildman–Crippen LogP) is 2.70. The fourth-order valence-corrected chi connectivity index (χ4v) is 2.95. The van der Waals surface area contributed by atoms with Crippen molar-refractivity contribution in [3.63, 3.8) is 0 Å². The molecule has 1 unspecified atom stereocenters. The van der Waals surface area contributed by atoms with Gasteiger partial charge in [-0.15, -0.1) is 0 Å². The number of nitrogens with two attached hydrogens (primary N) is 1. The van der Waals surface area contributed by atoms with E-state index in [1.54, 1.807) is 17.8 Å². The molecule has 0 saturated heterocycles. The zero-order chi connectivity index (χ0) is 16.0. The number of amides is 1. The molecule has 0 fully saturated rings. The number of nitrogen functional groups attached to an aromatic ring is 1. The monoisotopic (exact) mass is 310 g/mol. The van der Waals surface area contributed by atoms with E-state index in [4.69, 9.17) is 5.84 Å². The number of hydrogen-bond donors (Lipinski definition) is 2. The van der Waals surface area contributed by atoms with E-state index in [1.807, 2.05) is 31.9 Å². The third-order valence-electron chi connectivity index (χ3n) is 3.53. The molecule has 0 aromatic carbocycles. The fraction of sp³-hybridized carbons (Fsp3) is 0.600. The molecule has 3 N–H and O–H groups in total. The van der Waals surface area contributed by atoms with Gasteiger partial charge in [-0.05, 0) is 30.7 Å². The molecule has 1 aromatic heterocycles. The Labute approximate surface area is 131 Å². The summed E-state index contributed by atoms with van der Waals surface area (Å²) in [6, 6.07) is 3.80. The highest BCUT2D eigenvalue weighted by atomic mass is 32.2. The van der Waals surface area contributed by atoms with Crippen LogP contribution in [0.5, 0.6) is 0 Å². The Morgan fingerprint density at radius 1 is 1.48 bits per heavy atom. The first-order valence-corrected chi connectivity index (χ1v) is 8.58. The molecule has 21 heavy (non-hydrogen) atoms. The first kappa shape index (κ1) is 17.8. The standard InChI is InChI=1S/C15H26N4OS/c1-6-12(9-21-5)19(4)15(20)11-7-13(10(2)3)17-14(8-11)18-16/h7-8,10,12H,6,9,16H2,1-5H3,(H,17,18). The maximum Gasteiger partial charge on any atom is 0.254 e. The second-order valence-electron chi connectivity index (χ2n) is 5.40. The van der Waals surface area contributed by atoms with Crippen LogP contribution in [0.25, 0.3) is 0 Å². The van der Waals surface area contributed by atoms with Gasteiger partial charge in [0, 0.05) is 30.1 Å². The van der Waals surface area contributed by atoms with Gasteiger partial charge in [0.25, 0.3) is 5.91 Å². The van der Waals surface area contributed by atoms with Gasteiger partial charge in [-0.25, -0.2) is 10.8 Å². The zero-order valence-electron chi connectivity index (χ0n) is 13.5. The van der Waals surface area contributed by atoms with Crippen molar-refractivity contribution in [2.45, 2.75) is 39.2 Å². The van der Waals surface area contributed by atoms with Gasteiger partial charge >= 0.3 is 0 Å². The van der Waals surface area contributed by atoms with Crippen molar-refractivity contribution in [2.75, 3.05) is 24.5 Å². The van der Waals surface area contributed by atoms with Crippen LogP contribution in [0.3, 0.4) is 0 Å². The second-order valence-corrected chi connectivity index (χ2v) is 6.31. The summed E-state index contributed by atoms with van der Waals surface area (Å²) < 4.78 is 0. The van der Waals surface area contributed by atoms with E-state index in [1.165, 1.54) is 0 Å². The molecule has 1 aromatic rings. The summed E-state index contributed by atoms with van der Waals surface area (Å²) in [5, 5.41) is 0. The van der Waals surface area contributed by atoms with E-state index in [-0.39, 0.29) is 17.9 Å². The topological polar surface area (TPSA) is 71.2 Å². The first-order chi connectivity index (χ1) is 9.94. The molecule has 1 rings (SSSR count). The lowest BCUT2D eigenvalue weighted by Crippen LogP contribution is -2.38. The molecule has 5 nitrogen and oxygen atoms in total. The van der Waals surface area contributed by atoms with Crippen LogP contribution in [0.1, 0.15) is 49.2 Å². The largest absolute Gasteiger partial charge is 0.338 e. The zero-order valence-corrected chi connectivity index (χ0v) is 14.3. The normalized spacial score (nSPS) is 12.3. The molecule has 0 bridgehead atoms. The van der Waals surface area contributed by atoms with Gasteiger partial charge in [-0.3, -0.25) is 4.79 Å². The van der Waals surface area contributed by atoms with Crippen molar-refractivity contribution in [2.24, 2.45) is 5.84 Å². The Balaban J connectivity index is 3.07. The average Bonchev–Trinajstić information content (AvgIpc) is 2.50. The predicted molar refractivity (Wildman–Crippen MR) is 90.7 cm³/mol. The molecule has 1 amide bonds. The summed E-state index contributed by atoms with van der Waals surface area (Å²) in [4.78, 5) is 18.9. The number of anilines is 1. The summed E-state index contributed by atoms with van der Waals surface area (Å²) in [5.41, 5.74) is 4.03. The lowest BCUT2D eigenvalue weighted by atomic mass is 10.1. The molecule has 0 radical (unpaired) electrons. The van der Waals surface area contributed by atoms with E-state index in [0.29, 0.717) is 11.4 Å². The SMILES string of the molecule is CCC(CSC)N(C)C(=O)c1cc(NN)nc(C(C)C)c1. The minimum absolute atomic E-state index is 0.0108. The van der Waals surface area contributed by atoms with Gasteiger partial charge in [-0.1, -0.05) is 20.8 Å². The third kappa shape index (κ3) is 4.61. The molecule has 1 atom stereocenters. The summed E-state index contributed by atoms with van der Waals surface area (Å²) in [5.74, 6) is 7.16. The van der Waals surface area contributed by atoms with Crippen LogP contribution >= 0.6 is 11.8 Å². The molecule has 6 heteroatoms. The maximum absolute atomic E-state index is 12.7. The number of rotatable bonds is 7. The molecule has 0 spiro atoms. The van der Waals surface area contributed by atoms with E-state index in [2.05, 4.69) is 23.6 Å². The first-order valence-electron chi connectivity index (χ1n) is 7.19. The van der Waals surface area contributed by atoms with Crippen LogP contribution in [-0.2, 0) is 0 Å². The third-order valence-corrected chi connectivity index (χ3v) is 4.25. The summed E-state index contributed by atoms with van der Waals surface area (Å²) in [6.07, 6.45) is 2.99. The number of nitrogens with zero attached hydrogens (tertiary/aromatic N) is 2. The molecule has 0 aliphatic rings. The van der Waals surface area contributed by atoms with Gasteiger partial charge in [0.1, 0.15) is 5.82 Å². The van der Waals surface area contributed by atoms with Crippen molar-refractivity contribution >= 4 is 23.5 Å². The molecule has 0 aliphatic carbocycles. The number of nitrogens with one attached hydrogen (secondary N) is 1. The van der Waals surface area contributed by atoms with E-state index in [0.717, 1.165) is 17.9 Å². The van der Waals surface area contributed by atoms with Gasteiger partial charge in [-0.2, -0.15) is 11.8 Å². The summed E-state index contributed by atoms with van der Waals surface area (Å²) >= 11 is 1.75. The Kier molecular flexibility index (Phi) is 6.98. The van der Waals surface area contributed by atoms with Crippen molar-refractivity contribution in [3.05, 3.63) is 23.4 Å². The molecule has 0 aliphatic heterocycles. The van der Waals surface area contributed by atoms with Gasteiger partial charge in [0.15, 0.2) is 0 Å². The van der Waals surface area contributed by atoms with Crippen molar-refractivity contribution in [1.29, 1.82) is 0 Å². The number of hydrazine groups is 1. The summed E-state index contributed by atoms with van der Waals surface area (Å²) in [7, 11) is 1.86. The van der Waals surface area contributed by atoms with Crippen LogP contribution in [-0.4, -0.2) is 40.9 Å². The lowest BCUT2D eigenvalue weighted by molar-refractivity contribution is 0.0743. The van der Waals surface area contributed by atoms with Crippen molar-refractivity contribution in [1.82, 2.24) is 9.88 Å². The van der Waals surface area contributed by atoms with Gasteiger partial charge in [0.05, 0.1) is 0 Å². The minimum Gasteiger partial charge on any atom is -0.338 e. The van der Waals surface area contributed by atoms with E-state index in [9.17, 15) is 4.79 Å². The Morgan fingerprint density at radius 3 is 2.62 bits per heavy atom. The van der Waals surface area contributed by atoms with Crippen LogP contribution < -0.4 is 11.3 Å². The van der Waals surface area contributed by atoms with Crippen LogP contribution in [0.15, 0.2) is 12.1 Å². The van der Waals surface area contributed by atoms with Gasteiger partial charge in [0.2, 0.25) is 0 Å². The molecule has 1 heterocycles. The molecular formula is C15H26N4OS. The molecular weight excluding hydrogens is 284 g/mol. The van der Waals surface area contributed by atoms with E-state index < -0.39 is 0 Å². The van der Waals surface area contributed by atoms with E-state index >= 15 is 0 Å². The Bertz CT molecular complexity index is 479. The average molecular weight is 310 g/mol. The van der Waals surface area contributed by atoms with Crippen LogP contribution in [0.2, 0.25) is 0 Å². The number of carbonyl (C=O) groups excluding carboxylic acids is 1. The highest BCUT2D eigenvalue weighted by Gasteiger charge is 2.21. The highest BCUT2D eigenvalue weighted by Crippen LogP contribution is 2.19. The lowest BCUT2D eigenvalue weighted by Gasteiger charge is -2.27. The summed E-state index contributed by atoms with van der Waals surface area (Å²) in [6.45, 7) is 6.19. The highest BCUT2D eigenvalue weighted by molar-refractivity contribution is 7.98. The van der Waals surface area contributed by atoms with Crippen LogP contribution in [0.4, 0.5) is 5.82 Å².